The third-order valence-electron chi connectivity index (χ3n) is 4.74. The number of benzene rings is 1. The number of ketones is 1. The average molecular weight is 287 g/mol. The van der Waals surface area contributed by atoms with Gasteiger partial charge in [-0.3, -0.25) is 9.59 Å². The lowest BCUT2D eigenvalue weighted by Crippen LogP contribution is -2.46. The van der Waals surface area contributed by atoms with E-state index in [1.807, 2.05) is 35.2 Å². The normalized spacial score (nSPS) is 22.0. The fourth-order valence-corrected chi connectivity index (χ4v) is 3.28. The Morgan fingerprint density at radius 2 is 1.76 bits per heavy atom. The molecule has 0 spiro atoms. The van der Waals surface area contributed by atoms with E-state index in [4.69, 9.17) is 0 Å². The van der Waals surface area contributed by atoms with Crippen LogP contribution in [0.5, 0.6) is 0 Å². The topological polar surface area (TPSA) is 57.6 Å². The van der Waals surface area contributed by atoms with Crippen molar-refractivity contribution in [1.29, 1.82) is 0 Å². The first kappa shape index (κ1) is 14.3. The molecule has 1 N–H and O–H groups in total. The van der Waals surface area contributed by atoms with Crippen LogP contribution in [-0.4, -0.2) is 34.8 Å². The average Bonchev–Trinajstić information content (AvgIpc) is 2.51. The number of Topliss-reactive ketones (excluding diaryl/α,β-unsaturated/α-hetero) is 1. The predicted octanol–water partition coefficient (Wildman–Crippen LogP) is 1.94. The van der Waals surface area contributed by atoms with Gasteiger partial charge in [0.1, 0.15) is 5.78 Å². The highest BCUT2D eigenvalue weighted by atomic mass is 16.3. The summed E-state index contributed by atoms with van der Waals surface area (Å²) in [6.07, 6.45) is 2.04. The first-order valence-corrected chi connectivity index (χ1v) is 7.68. The van der Waals surface area contributed by atoms with E-state index in [1.165, 1.54) is 0 Å². The van der Waals surface area contributed by atoms with Gasteiger partial charge in [-0.25, -0.2) is 0 Å². The Morgan fingerprint density at radius 1 is 1.14 bits per heavy atom. The number of amides is 1. The van der Waals surface area contributed by atoms with Crippen LogP contribution in [0.25, 0.3) is 0 Å². The van der Waals surface area contributed by atoms with Crippen LogP contribution in [0.15, 0.2) is 30.3 Å². The Bertz CT molecular complexity index is 512. The van der Waals surface area contributed by atoms with Crippen molar-refractivity contribution in [3.8, 4) is 0 Å². The van der Waals surface area contributed by atoms with E-state index in [0.717, 1.165) is 18.4 Å². The van der Waals surface area contributed by atoms with Crippen LogP contribution in [0.4, 0.5) is 0 Å². The summed E-state index contributed by atoms with van der Waals surface area (Å²) in [5.41, 5.74) is 0.951. The molecule has 2 fully saturated rings. The molecule has 1 aliphatic carbocycles. The highest BCUT2D eigenvalue weighted by Crippen LogP contribution is 2.32. The van der Waals surface area contributed by atoms with Gasteiger partial charge in [-0.15, -0.1) is 0 Å². The first-order valence-electron chi connectivity index (χ1n) is 7.68. The van der Waals surface area contributed by atoms with Gasteiger partial charge in [0.2, 0.25) is 5.91 Å². The minimum atomic E-state index is -0.450. The summed E-state index contributed by atoms with van der Waals surface area (Å²) >= 11 is 0. The second kappa shape index (κ2) is 5.98. The van der Waals surface area contributed by atoms with E-state index in [1.54, 1.807) is 0 Å². The molecule has 0 aromatic heterocycles. The van der Waals surface area contributed by atoms with E-state index in [9.17, 15) is 14.7 Å². The molecule has 21 heavy (non-hydrogen) atoms. The standard InChI is InChI=1S/C17H21NO3/c19-15-10-14(11-15)17(21)18-8-6-13(7-9-18)16(20)12-4-2-1-3-5-12/h1-5,13-14,16,20H,6-11H2. The molecule has 1 saturated heterocycles. The highest BCUT2D eigenvalue weighted by molar-refractivity contribution is 5.96. The maximum absolute atomic E-state index is 12.2. The maximum atomic E-state index is 12.2. The molecule has 1 heterocycles. The molecule has 0 radical (unpaired) electrons. The van der Waals surface area contributed by atoms with Crippen LogP contribution >= 0.6 is 0 Å². The van der Waals surface area contributed by atoms with E-state index >= 15 is 0 Å². The molecule has 3 rings (SSSR count). The Balaban J connectivity index is 1.53. The van der Waals surface area contributed by atoms with Crippen molar-refractivity contribution in [1.82, 2.24) is 4.90 Å². The molecule has 0 bridgehead atoms. The summed E-state index contributed by atoms with van der Waals surface area (Å²) in [5, 5.41) is 10.4. The second-order valence-electron chi connectivity index (χ2n) is 6.16. The molecular formula is C17H21NO3. The van der Waals surface area contributed by atoms with Crippen molar-refractivity contribution in [3.05, 3.63) is 35.9 Å². The number of hydrogen-bond acceptors (Lipinski definition) is 3. The largest absolute Gasteiger partial charge is 0.388 e. The minimum absolute atomic E-state index is 0.0758. The summed E-state index contributed by atoms with van der Waals surface area (Å²) in [6.45, 7) is 1.39. The lowest BCUT2D eigenvalue weighted by atomic mass is 9.81. The minimum Gasteiger partial charge on any atom is -0.388 e. The molecule has 1 atom stereocenters. The van der Waals surface area contributed by atoms with Crippen molar-refractivity contribution < 1.29 is 14.7 Å². The summed E-state index contributed by atoms with van der Waals surface area (Å²) in [4.78, 5) is 25.0. The molecule has 2 aliphatic rings. The van der Waals surface area contributed by atoms with Crippen LogP contribution < -0.4 is 0 Å². The van der Waals surface area contributed by atoms with Crippen molar-refractivity contribution in [2.45, 2.75) is 31.8 Å². The van der Waals surface area contributed by atoms with Gasteiger partial charge in [0, 0.05) is 25.9 Å². The van der Waals surface area contributed by atoms with Gasteiger partial charge in [0.25, 0.3) is 0 Å². The van der Waals surface area contributed by atoms with Gasteiger partial charge in [-0.05, 0) is 24.3 Å². The number of hydrogen-bond donors (Lipinski definition) is 1. The van der Waals surface area contributed by atoms with Gasteiger partial charge in [0.05, 0.1) is 12.0 Å². The molecule has 1 amide bonds. The molecule has 1 saturated carbocycles. The number of rotatable bonds is 3. The fourth-order valence-electron chi connectivity index (χ4n) is 3.28. The lowest BCUT2D eigenvalue weighted by molar-refractivity contribution is -0.146. The van der Waals surface area contributed by atoms with Crippen LogP contribution in [0.3, 0.4) is 0 Å². The Labute approximate surface area is 124 Å². The van der Waals surface area contributed by atoms with Crippen molar-refractivity contribution in [2.24, 2.45) is 11.8 Å². The molecular weight excluding hydrogens is 266 g/mol. The lowest BCUT2D eigenvalue weighted by Gasteiger charge is -2.37. The van der Waals surface area contributed by atoms with Crippen LogP contribution in [0, 0.1) is 11.8 Å². The number of likely N-dealkylation sites (tertiary alicyclic amines) is 1. The molecule has 112 valence electrons. The predicted molar refractivity (Wildman–Crippen MR) is 78.4 cm³/mol. The number of aliphatic hydroxyl groups is 1. The number of carbonyl (C=O) groups is 2. The summed E-state index contributed by atoms with van der Waals surface area (Å²) in [6, 6.07) is 9.71. The summed E-state index contributed by atoms with van der Waals surface area (Å²) in [5.74, 6) is 0.456. The quantitative estimate of drug-likeness (QED) is 0.924. The number of carbonyl (C=O) groups excluding carboxylic acids is 2. The second-order valence-corrected chi connectivity index (χ2v) is 6.16. The third kappa shape index (κ3) is 3.00. The summed E-state index contributed by atoms with van der Waals surface area (Å²) in [7, 11) is 0. The maximum Gasteiger partial charge on any atom is 0.226 e. The number of nitrogens with zero attached hydrogens (tertiary/aromatic N) is 1. The number of piperidine rings is 1. The van der Waals surface area contributed by atoms with Crippen LogP contribution in [0.2, 0.25) is 0 Å². The van der Waals surface area contributed by atoms with E-state index in [-0.39, 0.29) is 23.5 Å². The Morgan fingerprint density at radius 3 is 2.33 bits per heavy atom. The van der Waals surface area contributed by atoms with Gasteiger partial charge in [-0.1, -0.05) is 30.3 Å². The summed E-state index contributed by atoms with van der Waals surface area (Å²) < 4.78 is 0. The highest BCUT2D eigenvalue weighted by Gasteiger charge is 2.37. The van der Waals surface area contributed by atoms with Gasteiger partial charge in [0.15, 0.2) is 0 Å². The molecule has 1 aromatic carbocycles. The number of aliphatic hydroxyl groups excluding tert-OH is 1. The van der Waals surface area contributed by atoms with Gasteiger partial charge >= 0.3 is 0 Å². The SMILES string of the molecule is O=C1CC(C(=O)N2CCC(C(O)c3ccccc3)CC2)C1. The first-order chi connectivity index (χ1) is 10.1. The van der Waals surface area contributed by atoms with Crippen LogP contribution in [0.1, 0.15) is 37.4 Å². The zero-order chi connectivity index (χ0) is 14.8. The van der Waals surface area contributed by atoms with Crippen molar-refractivity contribution in [2.75, 3.05) is 13.1 Å². The van der Waals surface area contributed by atoms with Gasteiger partial charge in [-0.2, -0.15) is 0 Å². The van der Waals surface area contributed by atoms with E-state index in [0.29, 0.717) is 25.9 Å². The zero-order valence-electron chi connectivity index (χ0n) is 12.1. The van der Waals surface area contributed by atoms with Crippen molar-refractivity contribution in [3.63, 3.8) is 0 Å². The van der Waals surface area contributed by atoms with Crippen LogP contribution in [-0.2, 0) is 9.59 Å². The van der Waals surface area contributed by atoms with E-state index in [2.05, 4.69) is 0 Å². The molecule has 1 unspecified atom stereocenters. The molecule has 4 heteroatoms. The smallest absolute Gasteiger partial charge is 0.226 e. The molecule has 4 nitrogen and oxygen atoms in total. The Hall–Kier alpha value is -1.68. The zero-order valence-corrected chi connectivity index (χ0v) is 12.1. The van der Waals surface area contributed by atoms with Crippen molar-refractivity contribution >= 4 is 11.7 Å². The van der Waals surface area contributed by atoms with Gasteiger partial charge < -0.3 is 10.0 Å². The third-order valence-corrected chi connectivity index (χ3v) is 4.74. The Kier molecular flexibility index (Phi) is 4.06. The molecule has 1 aliphatic heterocycles. The van der Waals surface area contributed by atoms with E-state index < -0.39 is 6.10 Å². The monoisotopic (exact) mass is 287 g/mol. The fraction of sp³-hybridized carbons (Fsp3) is 0.529. The molecule has 1 aromatic rings.